The van der Waals surface area contributed by atoms with Gasteiger partial charge in [-0.25, -0.2) is 9.37 Å². The Hall–Kier alpha value is -2.79. The summed E-state index contributed by atoms with van der Waals surface area (Å²) in [4.78, 5) is 18.8. The van der Waals surface area contributed by atoms with E-state index in [0.29, 0.717) is 12.2 Å². The van der Waals surface area contributed by atoms with Gasteiger partial charge in [-0.1, -0.05) is 36.4 Å². The van der Waals surface area contributed by atoms with Crippen LogP contribution in [0.3, 0.4) is 0 Å². The molecule has 4 nitrogen and oxygen atoms in total. The molecular formula is C20H20FN3O. The number of nitrogens with zero attached hydrogens (tertiary/aromatic N) is 2. The monoisotopic (exact) mass is 337 g/mol. The van der Waals surface area contributed by atoms with E-state index in [1.807, 2.05) is 55.4 Å². The molecule has 1 amide bonds. The number of nitrogens with one attached hydrogen (secondary N) is 1. The lowest BCUT2D eigenvalue weighted by molar-refractivity contribution is 0.0937. The van der Waals surface area contributed by atoms with Gasteiger partial charge in [-0.15, -0.1) is 0 Å². The number of halogens is 1. The zero-order valence-corrected chi connectivity index (χ0v) is 14.2. The number of para-hydroxylation sites is 1. The highest BCUT2D eigenvalue weighted by molar-refractivity contribution is 5.94. The van der Waals surface area contributed by atoms with Crippen LogP contribution in [0.25, 0.3) is 10.9 Å². The van der Waals surface area contributed by atoms with Gasteiger partial charge in [0.1, 0.15) is 11.5 Å². The number of pyridine rings is 1. The van der Waals surface area contributed by atoms with E-state index in [0.717, 1.165) is 16.5 Å². The number of likely N-dealkylation sites (N-methyl/N-ethyl adjacent to an activating group) is 1. The highest BCUT2D eigenvalue weighted by atomic mass is 19.1. The molecule has 1 unspecified atom stereocenters. The lowest BCUT2D eigenvalue weighted by Gasteiger charge is -2.25. The summed E-state index contributed by atoms with van der Waals surface area (Å²) in [7, 11) is 3.80. The Labute approximate surface area is 146 Å². The molecule has 0 aliphatic carbocycles. The Morgan fingerprint density at radius 1 is 1.12 bits per heavy atom. The van der Waals surface area contributed by atoms with Crippen molar-refractivity contribution in [2.45, 2.75) is 6.04 Å². The Morgan fingerprint density at radius 2 is 1.92 bits per heavy atom. The molecule has 0 radical (unpaired) electrons. The van der Waals surface area contributed by atoms with Crippen LogP contribution >= 0.6 is 0 Å². The third kappa shape index (κ3) is 4.00. The summed E-state index contributed by atoms with van der Waals surface area (Å²) >= 11 is 0. The van der Waals surface area contributed by atoms with Crippen LogP contribution in [0.4, 0.5) is 4.39 Å². The second-order valence-electron chi connectivity index (χ2n) is 6.13. The molecule has 1 N–H and O–H groups in total. The molecule has 2 aromatic carbocycles. The van der Waals surface area contributed by atoms with Gasteiger partial charge in [-0.2, -0.15) is 0 Å². The van der Waals surface area contributed by atoms with E-state index in [9.17, 15) is 9.18 Å². The van der Waals surface area contributed by atoms with Gasteiger partial charge < -0.3 is 10.2 Å². The quantitative estimate of drug-likeness (QED) is 0.776. The first-order valence-electron chi connectivity index (χ1n) is 8.10. The average Bonchev–Trinajstić information content (AvgIpc) is 2.61. The molecule has 0 bridgehead atoms. The van der Waals surface area contributed by atoms with Crippen molar-refractivity contribution in [3.05, 3.63) is 77.7 Å². The summed E-state index contributed by atoms with van der Waals surface area (Å²) in [6.45, 7) is 0.365. The average molecular weight is 337 g/mol. The van der Waals surface area contributed by atoms with Gasteiger partial charge >= 0.3 is 0 Å². The lowest BCUT2D eigenvalue weighted by atomic mass is 10.1. The fourth-order valence-corrected chi connectivity index (χ4v) is 2.78. The standard InChI is InChI=1S/C20H20FN3O/c1-24(2)19(15-7-5-8-16(21)12-15)13-22-20(25)18-11-10-14-6-3-4-9-17(14)23-18/h3-12,19H,13H2,1-2H3,(H,22,25). The topological polar surface area (TPSA) is 45.2 Å². The van der Waals surface area contributed by atoms with Crippen molar-refractivity contribution in [3.63, 3.8) is 0 Å². The van der Waals surface area contributed by atoms with E-state index in [-0.39, 0.29) is 17.8 Å². The fraction of sp³-hybridized carbons (Fsp3) is 0.200. The van der Waals surface area contributed by atoms with Crippen LogP contribution < -0.4 is 5.32 Å². The van der Waals surface area contributed by atoms with E-state index >= 15 is 0 Å². The first-order valence-corrected chi connectivity index (χ1v) is 8.10. The Bertz CT molecular complexity index is 895. The van der Waals surface area contributed by atoms with Crippen molar-refractivity contribution in [1.29, 1.82) is 0 Å². The van der Waals surface area contributed by atoms with Crippen LogP contribution in [-0.2, 0) is 0 Å². The largest absolute Gasteiger partial charge is 0.349 e. The number of carbonyl (C=O) groups excluding carboxylic acids is 1. The summed E-state index contributed by atoms with van der Waals surface area (Å²) in [5.41, 5.74) is 1.97. The Morgan fingerprint density at radius 3 is 2.68 bits per heavy atom. The molecule has 1 atom stereocenters. The number of carbonyl (C=O) groups is 1. The van der Waals surface area contributed by atoms with Gasteiger partial charge in [0.25, 0.3) is 5.91 Å². The van der Waals surface area contributed by atoms with Crippen LogP contribution in [0.15, 0.2) is 60.7 Å². The molecule has 3 rings (SSSR count). The van der Waals surface area contributed by atoms with Crippen LogP contribution in [0.5, 0.6) is 0 Å². The minimum atomic E-state index is -0.285. The van der Waals surface area contributed by atoms with Crippen molar-refractivity contribution >= 4 is 16.8 Å². The predicted molar refractivity (Wildman–Crippen MR) is 96.9 cm³/mol. The zero-order valence-electron chi connectivity index (χ0n) is 14.2. The van der Waals surface area contributed by atoms with Gasteiger partial charge in [-0.3, -0.25) is 4.79 Å². The van der Waals surface area contributed by atoms with Crippen LogP contribution in [0.2, 0.25) is 0 Å². The van der Waals surface area contributed by atoms with Crippen LogP contribution in [0.1, 0.15) is 22.1 Å². The lowest BCUT2D eigenvalue weighted by Crippen LogP contribution is -2.35. The van der Waals surface area contributed by atoms with E-state index in [1.54, 1.807) is 12.1 Å². The smallest absolute Gasteiger partial charge is 0.269 e. The third-order valence-corrected chi connectivity index (χ3v) is 4.14. The number of hydrogen-bond acceptors (Lipinski definition) is 3. The number of hydrogen-bond donors (Lipinski definition) is 1. The summed E-state index contributed by atoms with van der Waals surface area (Å²) in [6.07, 6.45) is 0. The van der Waals surface area contributed by atoms with E-state index in [4.69, 9.17) is 0 Å². The van der Waals surface area contributed by atoms with Crippen LogP contribution in [0, 0.1) is 5.82 Å². The fourth-order valence-electron chi connectivity index (χ4n) is 2.78. The van der Waals surface area contributed by atoms with Gasteiger partial charge in [0, 0.05) is 11.9 Å². The Balaban J connectivity index is 1.74. The molecule has 0 saturated heterocycles. The number of benzene rings is 2. The molecule has 128 valence electrons. The molecule has 0 aliphatic rings. The highest BCUT2D eigenvalue weighted by Crippen LogP contribution is 2.18. The molecule has 3 aromatic rings. The molecule has 1 heterocycles. The second-order valence-corrected chi connectivity index (χ2v) is 6.13. The minimum absolute atomic E-state index is 0.125. The number of aromatic nitrogens is 1. The molecule has 25 heavy (non-hydrogen) atoms. The van der Waals surface area contributed by atoms with Gasteiger partial charge in [0.2, 0.25) is 0 Å². The van der Waals surface area contributed by atoms with Crippen molar-refractivity contribution in [2.24, 2.45) is 0 Å². The number of fused-ring (bicyclic) bond motifs is 1. The molecule has 0 fully saturated rings. The maximum absolute atomic E-state index is 13.5. The number of rotatable bonds is 5. The van der Waals surface area contributed by atoms with Crippen molar-refractivity contribution in [1.82, 2.24) is 15.2 Å². The summed E-state index contributed by atoms with van der Waals surface area (Å²) in [5.74, 6) is -0.527. The summed E-state index contributed by atoms with van der Waals surface area (Å²) < 4.78 is 13.5. The van der Waals surface area contributed by atoms with E-state index < -0.39 is 0 Å². The van der Waals surface area contributed by atoms with E-state index in [1.165, 1.54) is 12.1 Å². The normalized spacial score (nSPS) is 12.3. The Kier molecular flexibility index (Phi) is 5.05. The van der Waals surface area contributed by atoms with E-state index in [2.05, 4.69) is 10.3 Å². The maximum Gasteiger partial charge on any atom is 0.269 e. The SMILES string of the molecule is CN(C)C(CNC(=O)c1ccc2ccccc2n1)c1cccc(F)c1. The summed E-state index contributed by atoms with van der Waals surface area (Å²) in [5, 5.41) is 3.89. The first-order chi connectivity index (χ1) is 12.0. The zero-order chi connectivity index (χ0) is 17.8. The van der Waals surface area contributed by atoms with Crippen molar-refractivity contribution in [3.8, 4) is 0 Å². The molecular weight excluding hydrogens is 317 g/mol. The predicted octanol–water partition coefficient (Wildman–Crippen LogP) is 3.41. The van der Waals surface area contributed by atoms with Gasteiger partial charge in [0.15, 0.2) is 0 Å². The maximum atomic E-state index is 13.5. The minimum Gasteiger partial charge on any atom is -0.349 e. The summed E-state index contributed by atoms with van der Waals surface area (Å²) in [6, 6.07) is 17.6. The van der Waals surface area contributed by atoms with Gasteiger partial charge in [-0.05, 0) is 43.9 Å². The molecule has 5 heteroatoms. The molecule has 1 aromatic heterocycles. The highest BCUT2D eigenvalue weighted by Gasteiger charge is 2.17. The second kappa shape index (κ2) is 7.40. The molecule has 0 aliphatic heterocycles. The molecule has 0 saturated carbocycles. The number of amides is 1. The van der Waals surface area contributed by atoms with Crippen LogP contribution in [-0.4, -0.2) is 36.4 Å². The molecule has 0 spiro atoms. The van der Waals surface area contributed by atoms with Crippen molar-refractivity contribution < 1.29 is 9.18 Å². The van der Waals surface area contributed by atoms with Gasteiger partial charge in [0.05, 0.1) is 11.6 Å². The van der Waals surface area contributed by atoms with Crippen molar-refractivity contribution in [2.75, 3.05) is 20.6 Å². The first kappa shape index (κ1) is 17.0. The third-order valence-electron chi connectivity index (χ3n) is 4.14.